The monoisotopic (exact) mass is 102 g/mol. The number of hydrogen-bond acceptors (Lipinski definition) is 2. The molecule has 1 rings (SSSR count). The van der Waals surface area contributed by atoms with Crippen molar-refractivity contribution >= 4 is 0 Å². The van der Waals surface area contributed by atoms with Crippen LogP contribution in [0.4, 0.5) is 0 Å². The molecule has 42 valence electrons. The number of hydrogen-bond donors (Lipinski definition) is 1. The molecule has 1 fully saturated rings. The summed E-state index contributed by atoms with van der Waals surface area (Å²) in [5.74, 6) is 0. The molecule has 7 heavy (non-hydrogen) atoms. The second-order valence-electron chi connectivity index (χ2n) is 2.05. The van der Waals surface area contributed by atoms with E-state index in [-0.39, 0.29) is 0 Å². The predicted molar refractivity (Wildman–Crippen MR) is 30.4 cm³/mol. The number of nitrogens with one attached hydrogen (secondary N) is 1. The van der Waals surface area contributed by atoms with Gasteiger partial charge in [-0.05, 0) is 7.05 Å². The fourth-order valence-corrected chi connectivity index (χ4v) is 0.777. The molecule has 0 aromatic rings. The quantitative estimate of drug-likeness (QED) is 0.328. The highest BCUT2D eigenvalue weighted by Gasteiger charge is 2.01. The Kier molecular flexibility index (Phi) is 1.65. The van der Waals surface area contributed by atoms with E-state index in [0.29, 0.717) is 0 Å². The lowest BCUT2D eigenvalue weighted by molar-refractivity contribution is 0.291. The minimum atomic E-state index is 1.16. The van der Waals surface area contributed by atoms with Crippen LogP contribution >= 0.6 is 0 Å². The number of nitrogens with zero attached hydrogens (tertiary/aromatic N) is 1. The third-order valence-electron chi connectivity index (χ3n) is 1.34. The van der Waals surface area contributed by atoms with Gasteiger partial charge in [-0.15, -0.1) is 0 Å². The third-order valence-corrected chi connectivity index (χ3v) is 1.34. The first-order valence-electron chi connectivity index (χ1n) is 2.79. The standard InChI is InChI=1S/C5H12N2/c1-7-4-2-6-3-5-7/h6H,2-5H2,1H3/i2+1,6+1. The highest BCUT2D eigenvalue weighted by Crippen LogP contribution is 1.82. The molecule has 0 aliphatic carbocycles. The van der Waals surface area contributed by atoms with Gasteiger partial charge in [0.25, 0.3) is 0 Å². The molecular weight excluding hydrogens is 90.1 g/mol. The zero-order valence-corrected chi connectivity index (χ0v) is 4.78. The summed E-state index contributed by atoms with van der Waals surface area (Å²) in [6.07, 6.45) is 0. The zero-order valence-electron chi connectivity index (χ0n) is 4.78. The molecule has 0 atom stereocenters. The van der Waals surface area contributed by atoms with Gasteiger partial charge >= 0.3 is 0 Å². The summed E-state index contributed by atoms with van der Waals surface area (Å²) < 4.78 is 0. The average Bonchev–Trinajstić information content (AvgIpc) is 1.69. The van der Waals surface area contributed by atoms with Crippen molar-refractivity contribution in [3.8, 4) is 0 Å². The van der Waals surface area contributed by atoms with Gasteiger partial charge in [-0.2, -0.15) is 0 Å². The van der Waals surface area contributed by atoms with Crippen LogP contribution in [0.5, 0.6) is 0 Å². The summed E-state index contributed by atoms with van der Waals surface area (Å²) in [5.41, 5.74) is 0. The van der Waals surface area contributed by atoms with E-state index >= 15 is 0 Å². The van der Waals surface area contributed by atoms with E-state index in [9.17, 15) is 0 Å². The van der Waals surface area contributed by atoms with Crippen molar-refractivity contribution in [2.45, 2.75) is 0 Å². The van der Waals surface area contributed by atoms with E-state index in [0.717, 1.165) is 13.1 Å². The third kappa shape index (κ3) is 1.45. The van der Waals surface area contributed by atoms with Crippen LogP contribution in [0.1, 0.15) is 0 Å². The lowest BCUT2D eigenvalue weighted by Gasteiger charge is -2.21. The molecule has 2 nitrogen and oxygen atoms in total. The van der Waals surface area contributed by atoms with Gasteiger partial charge in [0.2, 0.25) is 0 Å². The normalized spacial score (nSPS) is 25.3. The molecule has 0 amide bonds. The largest absolute Gasteiger partial charge is 0.314 e. The van der Waals surface area contributed by atoms with E-state index in [4.69, 9.17) is 0 Å². The SMILES string of the molecule is CN1CC[15NH][13CH2]C1. The molecule has 1 saturated heterocycles. The molecule has 0 spiro atoms. The zero-order chi connectivity index (χ0) is 5.11. The second-order valence-corrected chi connectivity index (χ2v) is 2.05. The van der Waals surface area contributed by atoms with Crippen molar-refractivity contribution in [3.05, 3.63) is 0 Å². The maximum absolute atomic E-state index is 3.27. The minimum absolute atomic E-state index is 1.16. The topological polar surface area (TPSA) is 15.3 Å². The summed E-state index contributed by atoms with van der Waals surface area (Å²) in [7, 11) is 2.15. The molecule has 0 unspecified atom stereocenters. The molecule has 2 heteroatoms. The first-order valence-corrected chi connectivity index (χ1v) is 2.79. The Morgan fingerprint density at radius 3 is 2.14 bits per heavy atom. The Labute approximate surface area is 44.5 Å². The lowest BCUT2D eigenvalue weighted by Crippen LogP contribution is -2.40. The number of likely N-dealkylation sites (N-methyl/N-ethyl adjacent to an activating group) is 1. The smallest absolute Gasteiger partial charge is 0.0104 e. The van der Waals surface area contributed by atoms with Crippen LogP contribution in [-0.2, 0) is 0 Å². The van der Waals surface area contributed by atoms with Crippen LogP contribution in [0, 0.1) is 0 Å². The maximum atomic E-state index is 3.27. The first-order chi connectivity index (χ1) is 3.39. The Hall–Kier alpha value is -0.0800. The van der Waals surface area contributed by atoms with Crippen molar-refractivity contribution in [2.24, 2.45) is 0 Å². The van der Waals surface area contributed by atoms with Crippen LogP contribution in [0.2, 0.25) is 0 Å². The van der Waals surface area contributed by atoms with E-state index in [2.05, 4.69) is 17.3 Å². The van der Waals surface area contributed by atoms with Gasteiger partial charge in [0.15, 0.2) is 0 Å². The number of piperazine rings is 1. The average molecular weight is 102 g/mol. The van der Waals surface area contributed by atoms with Gasteiger partial charge in [-0.25, -0.2) is 0 Å². The van der Waals surface area contributed by atoms with Crippen LogP contribution in [-0.4, -0.2) is 38.1 Å². The number of rotatable bonds is 0. The van der Waals surface area contributed by atoms with Crippen molar-refractivity contribution in [3.63, 3.8) is 0 Å². The van der Waals surface area contributed by atoms with Gasteiger partial charge in [-0.1, -0.05) is 0 Å². The summed E-state index contributed by atoms with van der Waals surface area (Å²) in [6, 6.07) is 0. The van der Waals surface area contributed by atoms with E-state index in [1.54, 1.807) is 0 Å². The molecule has 1 heterocycles. The Morgan fingerprint density at radius 1 is 1.29 bits per heavy atom. The molecule has 1 N–H and O–H groups in total. The Balaban J connectivity index is 2.12. The predicted octanol–water partition coefficient (Wildman–Crippen LogP) is -0.479. The highest BCUT2D eigenvalue weighted by molar-refractivity contribution is 4.62. The minimum Gasteiger partial charge on any atom is -0.314 e. The van der Waals surface area contributed by atoms with Gasteiger partial charge in [0, 0.05) is 26.2 Å². The molecule has 0 bridgehead atoms. The Bertz CT molecular complexity index is 48.0. The Morgan fingerprint density at radius 2 is 1.86 bits per heavy atom. The molecule has 1 aliphatic rings. The van der Waals surface area contributed by atoms with Gasteiger partial charge in [0.1, 0.15) is 0 Å². The fraction of sp³-hybridized carbons (Fsp3) is 1.00. The molecule has 0 aromatic heterocycles. The lowest BCUT2D eigenvalue weighted by atomic mass is 10.5. The second kappa shape index (κ2) is 2.28. The summed E-state index contributed by atoms with van der Waals surface area (Å²) >= 11 is 0. The van der Waals surface area contributed by atoms with E-state index < -0.39 is 0 Å². The van der Waals surface area contributed by atoms with Crippen molar-refractivity contribution in [2.75, 3.05) is 33.2 Å². The van der Waals surface area contributed by atoms with E-state index in [1.807, 2.05) is 0 Å². The summed E-state index contributed by atoms with van der Waals surface area (Å²) in [4.78, 5) is 2.33. The fourth-order valence-electron chi connectivity index (χ4n) is 0.777. The highest BCUT2D eigenvalue weighted by atomic mass is 15.7. The molecule has 0 saturated carbocycles. The van der Waals surface area contributed by atoms with Crippen molar-refractivity contribution < 1.29 is 0 Å². The molecular formula is C5H12N2. The van der Waals surface area contributed by atoms with E-state index in [1.165, 1.54) is 13.1 Å². The van der Waals surface area contributed by atoms with Gasteiger partial charge < -0.3 is 10.2 Å². The van der Waals surface area contributed by atoms with Crippen molar-refractivity contribution in [1.29, 1.82) is 0 Å². The first kappa shape index (κ1) is 5.06. The van der Waals surface area contributed by atoms with Crippen LogP contribution in [0.3, 0.4) is 0 Å². The molecule has 1 aliphatic heterocycles. The molecule has 0 aromatic carbocycles. The van der Waals surface area contributed by atoms with Gasteiger partial charge in [-0.3, -0.25) is 0 Å². The van der Waals surface area contributed by atoms with Crippen LogP contribution in [0.15, 0.2) is 0 Å². The van der Waals surface area contributed by atoms with Gasteiger partial charge in [0.05, 0.1) is 0 Å². The summed E-state index contributed by atoms with van der Waals surface area (Å²) in [5, 5.41) is 3.27. The van der Waals surface area contributed by atoms with Crippen molar-refractivity contribution in [1.82, 2.24) is 10.2 Å². The van der Waals surface area contributed by atoms with Crippen LogP contribution < -0.4 is 5.32 Å². The summed E-state index contributed by atoms with van der Waals surface area (Å²) in [6.45, 7) is 4.74. The van der Waals surface area contributed by atoms with Crippen LogP contribution in [0.25, 0.3) is 0 Å². The molecule has 0 radical (unpaired) electrons. The maximum Gasteiger partial charge on any atom is 0.0104 e.